The van der Waals surface area contributed by atoms with Crippen LogP contribution in [0.5, 0.6) is 0 Å². The van der Waals surface area contributed by atoms with E-state index in [1.54, 1.807) is 37.3 Å². The Kier molecular flexibility index (Phi) is 10.8. The van der Waals surface area contributed by atoms with Crippen LogP contribution in [0.2, 0.25) is 0 Å². The molecule has 0 unspecified atom stereocenters. The van der Waals surface area contributed by atoms with Crippen LogP contribution in [0.4, 0.5) is 5.69 Å². The molecule has 5 rings (SSSR count). The van der Waals surface area contributed by atoms with Gasteiger partial charge in [0.15, 0.2) is 0 Å². The predicted molar refractivity (Wildman–Crippen MR) is 177 cm³/mol. The summed E-state index contributed by atoms with van der Waals surface area (Å²) in [6.45, 7) is 3.96. The summed E-state index contributed by atoms with van der Waals surface area (Å²) in [6, 6.07) is 16.6. The molecule has 0 aliphatic heterocycles. The zero-order chi connectivity index (χ0) is 33.5. The van der Waals surface area contributed by atoms with Crippen molar-refractivity contribution in [3.05, 3.63) is 77.6 Å². The number of aromatic amines is 1. The van der Waals surface area contributed by atoms with Gasteiger partial charge in [-0.15, -0.1) is 10.2 Å². The average molecular weight is 640 g/mol. The van der Waals surface area contributed by atoms with Gasteiger partial charge in [-0.05, 0) is 105 Å². The van der Waals surface area contributed by atoms with Crippen molar-refractivity contribution in [2.24, 2.45) is 23.3 Å². The number of anilines is 1. The van der Waals surface area contributed by atoms with Gasteiger partial charge in [-0.2, -0.15) is 5.21 Å². The summed E-state index contributed by atoms with van der Waals surface area (Å²) in [5.74, 6) is -0.584. The lowest BCUT2D eigenvalue weighted by molar-refractivity contribution is -0.130. The molecule has 2 heterocycles. The average Bonchev–Trinajstić information content (AvgIpc) is 3.64. The maximum atomic E-state index is 13.9. The van der Waals surface area contributed by atoms with Gasteiger partial charge in [0.2, 0.25) is 11.7 Å². The van der Waals surface area contributed by atoms with Gasteiger partial charge in [0, 0.05) is 28.8 Å². The van der Waals surface area contributed by atoms with Crippen LogP contribution in [0.3, 0.4) is 0 Å². The van der Waals surface area contributed by atoms with Gasteiger partial charge in [-0.1, -0.05) is 30.3 Å². The summed E-state index contributed by atoms with van der Waals surface area (Å²) in [4.78, 5) is 45.9. The predicted octanol–water partition coefficient (Wildman–Crippen LogP) is 2.54. The number of nitrogens with two attached hydrogens (primary N) is 2. The number of rotatable bonds is 11. The third-order valence-corrected chi connectivity index (χ3v) is 8.71. The summed E-state index contributed by atoms with van der Waals surface area (Å²) in [6.07, 6.45) is 3.26. The number of hydrogen-bond acceptors (Lipinski definition) is 10. The number of hydrogen-bond donors (Lipinski definition) is 5. The van der Waals surface area contributed by atoms with E-state index in [-0.39, 0.29) is 42.5 Å². The monoisotopic (exact) mass is 639 g/mol. The van der Waals surface area contributed by atoms with Crippen molar-refractivity contribution in [3.8, 4) is 22.5 Å². The fourth-order valence-electron chi connectivity index (χ4n) is 5.90. The Morgan fingerprint density at radius 2 is 1.68 bits per heavy atom. The standard InChI is InChI=1S/C34H41N9O4/c1-20(19-44)37-32(45)30-16-15-28(21(2)38-30)24-7-3-22(4-8-24)17-29(36)34(47)43(33(46)26-9-5-23(18-35)6-10-26)27-13-11-25(12-14-27)31-39-41-42-40-31/h3-4,7-8,11-16,20,23,26,29,44H,5-6,9-10,17-19,35-36H2,1-2H3,(H,37,45)(H,39,40,41,42)/t20-,23?,26?,29+/m1/s1. The van der Waals surface area contributed by atoms with Gasteiger partial charge in [0.05, 0.1) is 18.3 Å². The molecule has 1 aliphatic carbocycles. The highest BCUT2D eigenvalue weighted by Gasteiger charge is 2.35. The van der Waals surface area contributed by atoms with E-state index >= 15 is 0 Å². The number of carbonyl (C=O) groups excluding carboxylic acids is 3. The van der Waals surface area contributed by atoms with Crippen molar-refractivity contribution in [3.63, 3.8) is 0 Å². The minimum Gasteiger partial charge on any atom is -0.394 e. The lowest BCUT2D eigenvalue weighted by Gasteiger charge is -2.32. The lowest BCUT2D eigenvalue weighted by Crippen LogP contribution is -2.50. The topological polar surface area (TPSA) is 206 Å². The molecule has 13 nitrogen and oxygen atoms in total. The van der Waals surface area contributed by atoms with Crippen LogP contribution < -0.4 is 21.7 Å². The highest BCUT2D eigenvalue weighted by molar-refractivity contribution is 6.17. The van der Waals surface area contributed by atoms with Gasteiger partial charge in [0.25, 0.3) is 11.8 Å². The summed E-state index contributed by atoms with van der Waals surface area (Å²) < 4.78 is 0. The van der Waals surface area contributed by atoms with Crippen LogP contribution >= 0.6 is 0 Å². The molecule has 7 N–H and O–H groups in total. The normalized spacial score (nSPS) is 17.5. The van der Waals surface area contributed by atoms with Crippen LogP contribution in [-0.2, 0) is 16.0 Å². The van der Waals surface area contributed by atoms with Crippen molar-refractivity contribution in [1.82, 2.24) is 30.9 Å². The molecule has 2 aromatic carbocycles. The molecule has 1 saturated carbocycles. The second-order valence-corrected chi connectivity index (χ2v) is 12.1. The Morgan fingerprint density at radius 3 is 2.28 bits per heavy atom. The Balaban J connectivity index is 1.31. The van der Waals surface area contributed by atoms with Gasteiger partial charge in [-0.25, -0.2) is 9.88 Å². The third kappa shape index (κ3) is 7.94. The molecule has 0 saturated heterocycles. The first-order valence-corrected chi connectivity index (χ1v) is 15.8. The Morgan fingerprint density at radius 1 is 1.00 bits per heavy atom. The zero-order valence-corrected chi connectivity index (χ0v) is 26.6. The molecule has 13 heteroatoms. The van der Waals surface area contributed by atoms with E-state index in [1.165, 1.54) is 4.90 Å². The maximum Gasteiger partial charge on any atom is 0.270 e. The number of aryl methyl sites for hydroxylation is 1. The number of aliphatic hydroxyl groups excluding tert-OH is 1. The first-order valence-electron chi connectivity index (χ1n) is 15.8. The molecule has 47 heavy (non-hydrogen) atoms. The number of aliphatic hydroxyl groups is 1. The fraction of sp³-hybridized carbons (Fsp3) is 0.382. The lowest BCUT2D eigenvalue weighted by atomic mass is 9.81. The molecule has 1 aliphatic rings. The number of H-pyrrole nitrogens is 1. The zero-order valence-electron chi connectivity index (χ0n) is 26.6. The number of carbonyl (C=O) groups is 3. The van der Waals surface area contributed by atoms with Crippen LogP contribution in [0.15, 0.2) is 60.7 Å². The van der Waals surface area contributed by atoms with Crippen molar-refractivity contribution < 1.29 is 19.5 Å². The molecule has 1 fully saturated rings. The van der Waals surface area contributed by atoms with Crippen LogP contribution in [0, 0.1) is 18.8 Å². The molecule has 3 amide bonds. The number of amides is 3. The van der Waals surface area contributed by atoms with Crippen LogP contribution in [0.25, 0.3) is 22.5 Å². The van der Waals surface area contributed by atoms with E-state index in [2.05, 4.69) is 30.9 Å². The second-order valence-electron chi connectivity index (χ2n) is 12.1. The molecule has 4 aromatic rings. The van der Waals surface area contributed by atoms with E-state index in [0.29, 0.717) is 48.1 Å². The summed E-state index contributed by atoms with van der Waals surface area (Å²) in [7, 11) is 0. The summed E-state index contributed by atoms with van der Waals surface area (Å²) >= 11 is 0. The summed E-state index contributed by atoms with van der Waals surface area (Å²) in [5, 5.41) is 25.9. The fourth-order valence-corrected chi connectivity index (χ4v) is 5.90. The number of benzene rings is 2. The number of nitrogens with one attached hydrogen (secondary N) is 2. The maximum absolute atomic E-state index is 13.9. The molecule has 0 bridgehead atoms. The Bertz CT molecular complexity index is 1670. The molecule has 0 spiro atoms. The number of tetrazole rings is 1. The van der Waals surface area contributed by atoms with E-state index in [0.717, 1.165) is 29.5 Å². The number of nitrogens with zero attached hydrogens (tertiary/aromatic N) is 5. The van der Waals surface area contributed by atoms with E-state index in [9.17, 15) is 19.5 Å². The SMILES string of the molecule is Cc1nc(C(=O)N[C@H](C)CO)ccc1-c1ccc(C[C@H](N)C(=O)N(C(=O)C2CCC(CN)CC2)c2ccc(-c3nn[nH]n3)cc2)cc1. The molecule has 0 radical (unpaired) electrons. The summed E-state index contributed by atoms with van der Waals surface area (Å²) in [5.41, 5.74) is 17.0. The number of pyridine rings is 1. The van der Waals surface area contributed by atoms with Crippen LogP contribution in [0.1, 0.15) is 54.4 Å². The first-order chi connectivity index (χ1) is 22.7. The van der Waals surface area contributed by atoms with Crippen molar-refractivity contribution in [2.75, 3.05) is 18.1 Å². The highest BCUT2D eigenvalue weighted by Crippen LogP contribution is 2.32. The van der Waals surface area contributed by atoms with Gasteiger partial charge in [0.1, 0.15) is 5.69 Å². The Labute approximate surface area is 273 Å². The minimum atomic E-state index is -0.968. The number of aromatic nitrogens is 5. The van der Waals surface area contributed by atoms with Crippen LogP contribution in [-0.4, -0.2) is 73.7 Å². The van der Waals surface area contributed by atoms with E-state index < -0.39 is 11.9 Å². The second kappa shape index (κ2) is 15.2. The van der Waals surface area contributed by atoms with Crippen molar-refractivity contribution in [2.45, 2.75) is 58.0 Å². The highest BCUT2D eigenvalue weighted by atomic mass is 16.3. The van der Waals surface area contributed by atoms with Crippen molar-refractivity contribution in [1.29, 1.82) is 0 Å². The molecule has 2 atom stereocenters. The van der Waals surface area contributed by atoms with Gasteiger partial charge in [-0.3, -0.25) is 14.4 Å². The van der Waals surface area contributed by atoms with E-state index in [1.807, 2.05) is 37.3 Å². The molecule has 246 valence electrons. The third-order valence-electron chi connectivity index (χ3n) is 8.71. The first kappa shape index (κ1) is 33.5. The van der Waals surface area contributed by atoms with Gasteiger partial charge >= 0.3 is 0 Å². The quantitative estimate of drug-likeness (QED) is 0.162. The minimum absolute atomic E-state index is 0.162. The Hall–Kier alpha value is -4.85. The van der Waals surface area contributed by atoms with Gasteiger partial charge < -0.3 is 21.9 Å². The largest absolute Gasteiger partial charge is 0.394 e. The molecular weight excluding hydrogens is 598 g/mol. The molecular formula is C34H41N9O4. The van der Waals surface area contributed by atoms with Crippen molar-refractivity contribution >= 4 is 23.4 Å². The smallest absolute Gasteiger partial charge is 0.270 e. The molecule has 2 aromatic heterocycles. The number of imide groups is 1. The van der Waals surface area contributed by atoms with E-state index in [4.69, 9.17) is 11.5 Å².